The van der Waals surface area contributed by atoms with Gasteiger partial charge in [0.2, 0.25) is 10.0 Å². The number of aromatic nitrogens is 4. The summed E-state index contributed by atoms with van der Waals surface area (Å²) in [5.41, 5.74) is 1.60. The summed E-state index contributed by atoms with van der Waals surface area (Å²) in [6.07, 6.45) is 0. The van der Waals surface area contributed by atoms with Crippen molar-refractivity contribution in [1.82, 2.24) is 24.9 Å². The minimum Gasteiger partial charge on any atom is -0.231 e. The average molecular weight is 281 g/mol. The first-order valence-corrected chi connectivity index (χ1v) is 7.16. The highest BCUT2D eigenvalue weighted by Gasteiger charge is 2.17. The SMILES string of the molecule is Cc1ccc(C)c(S(=O)(=O)NCc2nnnn2C)c1. The van der Waals surface area contributed by atoms with Gasteiger partial charge in [-0.25, -0.2) is 17.8 Å². The largest absolute Gasteiger partial charge is 0.241 e. The number of tetrazole rings is 1. The van der Waals surface area contributed by atoms with Gasteiger partial charge in [-0.15, -0.1) is 5.10 Å². The van der Waals surface area contributed by atoms with E-state index < -0.39 is 10.0 Å². The molecule has 2 rings (SSSR count). The minimum absolute atomic E-state index is 0.0548. The van der Waals surface area contributed by atoms with Gasteiger partial charge >= 0.3 is 0 Å². The Morgan fingerprint density at radius 2 is 2.05 bits per heavy atom. The van der Waals surface area contributed by atoms with Gasteiger partial charge in [-0.05, 0) is 41.5 Å². The van der Waals surface area contributed by atoms with Gasteiger partial charge in [0.05, 0.1) is 11.4 Å². The van der Waals surface area contributed by atoms with Gasteiger partial charge in [0.1, 0.15) is 0 Å². The van der Waals surface area contributed by atoms with Crippen molar-refractivity contribution < 1.29 is 8.42 Å². The summed E-state index contributed by atoms with van der Waals surface area (Å²) in [6, 6.07) is 5.31. The van der Waals surface area contributed by atoms with Crippen molar-refractivity contribution in [2.45, 2.75) is 25.3 Å². The van der Waals surface area contributed by atoms with E-state index in [1.165, 1.54) is 4.68 Å². The van der Waals surface area contributed by atoms with Crippen LogP contribution in [0.4, 0.5) is 0 Å². The van der Waals surface area contributed by atoms with Gasteiger partial charge in [0, 0.05) is 7.05 Å². The predicted octanol–water partition coefficient (Wildman–Crippen LogP) is 0.305. The van der Waals surface area contributed by atoms with Crippen LogP contribution in [0, 0.1) is 13.8 Å². The van der Waals surface area contributed by atoms with Crippen LogP contribution in [-0.2, 0) is 23.6 Å². The topological polar surface area (TPSA) is 89.8 Å². The summed E-state index contributed by atoms with van der Waals surface area (Å²) in [4.78, 5) is 0.280. The van der Waals surface area contributed by atoms with E-state index in [0.29, 0.717) is 11.4 Å². The summed E-state index contributed by atoms with van der Waals surface area (Å²) < 4.78 is 28.4. The summed E-state index contributed by atoms with van der Waals surface area (Å²) in [7, 11) is -1.91. The summed E-state index contributed by atoms with van der Waals surface area (Å²) in [6.45, 7) is 3.67. The molecule has 0 bridgehead atoms. The maximum Gasteiger partial charge on any atom is 0.241 e. The van der Waals surface area contributed by atoms with Gasteiger partial charge < -0.3 is 0 Å². The fraction of sp³-hybridized carbons (Fsp3) is 0.364. The minimum atomic E-state index is -3.57. The molecule has 1 heterocycles. The van der Waals surface area contributed by atoms with E-state index in [1.807, 2.05) is 13.0 Å². The zero-order chi connectivity index (χ0) is 14.0. The van der Waals surface area contributed by atoms with Crippen molar-refractivity contribution in [3.63, 3.8) is 0 Å². The van der Waals surface area contributed by atoms with Gasteiger partial charge in [0.15, 0.2) is 5.82 Å². The third-order valence-corrected chi connectivity index (χ3v) is 4.30. The molecule has 102 valence electrons. The van der Waals surface area contributed by atoms with E-state index in [1.54, 1.807) is 26.1 Å². The fourth-order valence-electron chi connectivity index (χ4n) is 1.63. The van der Waals surface area contributed by atoms with E-state index in [0.717, 1.165) is 5.56 Å². The highest BCUT2D eigenvalue weighted by molar-refractivity contribution is 7.89. The number of benzene rings is 1. The van der Waals surface area contributed by atoms with Crippen molar-refractivity contribution in [3.8, 4) is 0 Å². The van der Waals surface area contributed by atoms with Gasteiger partial charge in [0.25, 0.3) is 0 Å². The zero-order valence-electron chi connectivity index (χ0n) is 11.0. The van der Waals surface area contributed by atoms with Crippen LogP contribution in [0.2, 0.25) is 0 Å². The third-order valence-electron chi connectivity index (χ3n) is 2.76. The van der Waals surface area contributed by atoms with E-state index in [2.05, 4.69) is 20.2 Å². The summed E-state index contributed by atoms with van der Waals surface area (Å²) >= 11 is 0. The van der Waals surface area contributed by atoms with Gasteiger partial charge in [-0.1, -0.05) is 12.1 Å². The molecule has 2 aromatic rings. The van der Waals surface area contributed by atoms with Crippen LogP contribution in [0.1, 0.15) is 17.0 Å². The summed E-state index contributed by atoms with van der Waals surface area (Å²) in [5.74, 6) is 0.453. The Kier molecular flexibility index (Phi) is 3.63. The smallest absolute Gasteiger partial charge is 0.231 e. The molecule has 0 aliphatic heterocycles. The molecule has 1 aromatic carbocycles. The van der Waals surface area contributed by atoms with Crippen LogP contribution in [0.25, 0.3) is 0 Å². The first-order chi connectivity index (χ1) is 8.90. The number of nitrogens with zero attached hydrogens (tertiary/aromatic N) is 4. The second-order valence-electron chi connectivity index (χ2n) is 4.31. The standard InChI is InChI=1S/C11H15N5O2S/c1-8-4-5-9(2)10(6-8)19(17,18)12-7-11-13-14-15-16(11)3/h4-6,12H,7H2,1-3H3. The molecule has 0 amide bonds. The van der Waals surface area contributed by atoms with E-state index in [4.69, 9.17) is 0 Å². The molecule has 0 spiro atoms. The molecule has 0 saturated heterocycles. The van der Waals surface area contributed by atoms with Crippen LogP contribution < -0.4 is 4.72 Å². The molecule has 0 fully saturated rings. The first kappa shape index (κ1) is 13.6. The lowest BCUT2D eigenvalue weighted by molar-refractivity contribution is 0.574. The molecule has 0 unspecified atom stereocenters. The highest BCUT2D eigenvalue weighted by Crippen LogP contribution is 2.16. The number of hydrogen-bond donors (Lipinski definition) is 1. The highest BCUT2D eigenvalue weighted by atomic mass is 32.2. The Balaban J connectivity index is 2.23. The maximum atomic E-state index is 12.2. The monoisotopic (exact) mass is 281 g/mol. The average Bonchev–Trinajstić information content (AvgIpc) is 2.75. The van der Waals surface area contributed by atoms with Crippen LogP contribution in [-0.4, -0.2) is 28.6 Å². The summed E-state index contributed by atoms with van der Waals surface area (Å²) in [5, 5.41) is 10.8. The molecule has 0 radical (unpaired) electrons. The van der Waals surface area contributed by atoms with E-state index in [-0.39, 0.29) is 11.4 Å². The molecule has 1 aromatic heterocycles. The van der Waals surface area contributed by atoms with Crippen molar-refractivity contribution in [2.24, 2.45) is 7.05 Å². The number of rotatable bonds is 4. The van der Waals surface area contributed by atoms with Gasteiger partial charge in [-0.2, -0.15) is 0 Å². The van der Waals surface area contributed by atoms with Crippen LogP contribution in [0.15, 0.2) is 23.1 Å². The molecule has 7 nitrogen and oxygen atoms in total. The lowest BCUT2D eigenvalue weighted by Crippen LogP contribution is -2.25. The van der Waals surface area contributed by atoms with E-state index >= 15 is 0 Å². The molecular weight excluding hydrogens is 266 g/mol. The molecule has 0 aliphatic rings. The van der Waals surface area contributed by atoms with Crippen molar-refractivity contribution in [3.05, 3.63) is 35.2 Å². The predicted molar refractivity (Wildman–Crippen MR) is 68.7 cm³/mol. The second-order valence-corrected chi connectivity index (χ2v) is 6.05. The molecule has 8 heteroatoms. The molecule has 0 aliphatic carbocycles. The Labute approximate surface area is 111 Å². The lowest BCUT2D eigenvalue weighted by Gasteiger charge is -2.09. The van der Waals surface area contributed by atoms with Crippen LogP contribution >= 0.6 is 0 Å². The first-order valence-electron chi connectivity index (χ1n) is 5.68. The molecule has 0 atom stereocenters. The van der Waals surface area contributed by atoms with Gasteiger partial charge in [-0.3, -0.25) is 0 Å². The normalized spacial score (nSPS) is 11.7. The number of aryl methyl sites for hydroxylation is 3. The molecular formula is C11H15N5O2S. The zero-order valence-corrected chi connectivity index (χ0v) is 11.8. The Morgan fingerprint density at radius 1 is 1.32 bits per heavy atom. The second kappa shape index (κ2) is 5.06. The number of sulfonamides is 1. The fourth-order valence-corrected chi connectivity index (χ4v) is 2.94. The van der Waals surface area contributed by atoms with Crippen molar-refractivity contribution in [1.29, 1.82) is 0 Å². The quantitative estimate of drug-likeness (QED) is 0.871. The van der Waals surface area contributed by atoms with Crippen LogP contribution in [0.3, 0.4) is 0 Å². The van der Waals surface area contributed by atoms with Crippen molar-refractivity contribution >= 4 is 10.0 Å². The Bertz CT molecular complexity index is 693. The molecule has 0 saturated carbocycles. The van der Waals surface area contributed by atoms with Crippen molar-refractivity contribution in [2.75, 3.05) is 0 Å². The Morgan fingerprint density at radius 3 is 2.68 bits per heavy atom. The van der Waals surface area contributed by atoms with E-state index in [9.17, 15) is 8.42 Å². The maximum absolute atomic E-state index is 12.2. The number of hydrogen-bond acceptors (Lipinski definition) is 5. The lowest BCUT2D eigenvalue weighted by atomic mass is 10.2. The third kappa shape index (κ3) is 2.96. The van der Waals surface area contributed by atoms with Crippen LogP contribution in [0.5, 0.6) is 0 Å². The molecule has 1 N–H and O–H groups in total. The molecule has 19 heavy (non-hydrogen) atoms. The Hall–Kier alpha value is -1.80. The number of nitrogens with one attached hydrogen (secondary N) is 1.